The van der Waals surface area contributed by atoms with Crippen LogP contribution in [0.2, 0.25) is 0 Å². The normalized spacial score (nSPS) is 23.6. The third-order valence-corrected chi connectivity index (χ3v) is 3.69. The van der Waals surface area contributed by atoms with Gasteiger partial charge in [0.05, 0.1) is 11.6 Å². The summed E-state index contributed by atoms with van der Waals surface area (Å²) in [6.45, 7) is 2.78. The third-order valence-electron chi connectivity index (χ3n) is 3.69. The van der Waals surface area contributed by atoms with Gasteiger partial charge in [-0.2, -0.15) is 5.26 Å². The minimum atomic E-state index is -0.231. The summed E-state index contributed by atoms with van der Waals surface area (Å²) in [5.41, 5.74) is 1.11. The lowest BCUT2D eigenvalue weighted by atomic mass is 9.87. The van der Waals surface area contributed by atoms with E-state index in [1.165, 1.54) is 37.8 Å². The van der Waals surface area contributed by atoms with Crippen molar-refractivity contribution in [2.45, 2.75) is 45.2 Å². The summed E-state index contributed by atoms with van der Waals surface area (Å²) >= 11 is 0. The molecule has 0 aromatic heterocycles. The number of rotatable bonds is 3. The van der Waals surface area contributed by atoms with E-state index in [-0.39, 0.29) is 5.82 Å². The fourth-order valence-corrected chi connectivity index (χ4v) is 2.65. The highest BCUT2D eigenvalue weighted by molar-refractivity contribution is 5.33. The predicted molar refractivity (Wildman–Crippen MR) is 69.4 cm³/mol. The molecule has 2 rings (SSSR count). The van der Waals surface area contributed by atoms with Gasteiger partial charge in [0.15, 0.2) is 0 Å². The van der Waals surface area contributed by atoms with Crippen LogP contribution >= 0.6 is 0 Å². The van der Waals surface area contributed by atoms with E-state index < -0.39 is 0 Å². The van der Waals surface area contributed by atoms with Gasteiger partial charge in [0.1, 0.15) is 5.82 Å². The lowest BCUT2D eigenvalue weighted by Gasteiger charge is -2.27. The Hall–Kier alpha value is -1.40. The molecule has 1 aliphatic carbocycles. The summed E-state index contributed by atoms with van der Waals surface area (Å²) < 4.78 is 13.6. The van der Waals surface area contributed by atoms with Crippen LogP contribution in [0, 0.1) is 23.1 Å². The van der Waals surface area contributed by atoms with E-state index in [2.05, 4.69) is 12.2 Å². The number of nitrogens with one attached hydrogen (secondary N) is 1. The van der Waals surface area contributed by atoms with Crippen molar-refractivity contribution in [3.05, 3.63) is 35.1 Å². The zero-order chi connectivity index (χ0) is 13.0. The summed E-state index contributed by atoms with van der Waals surface area (Å²) in [6, 6.07) is 7.05. The molecule has 1 saturated carbocycles. The number of hydrogen-bond donors (Lipinski definition) is 1. The smallest absolute Gasteiger partial charge is 0.127 e. The van der Waals surface area contributed by atoms with Gasteiger partial charge in [0.2, 0.25) is 0 Å². The molecule has 1 fully saturated rings. The number of hydrogen-bond acceptors (Lipinski definition) is 2. The minimum absolute atomic E-state index is 0.231. The van der Waals surface area contributed by atoms with Crippen molar-refractivity contribution < 1.29 is 4.39 Å². The molecule has 3 heteroatoms. The third kappa shape index (κ3) is 3.30. The van der Waals surface area contributed by atoms with Gasteiger partial charge in [-0.15, -0.1) is 0 Å². The lowest BCUT2D eigenvalue weighted by Crippen LogP contribution is -2.33. The van der Waals surface area contributed by atoms with Crippen LogP contribution in [0.15, 0.2) is 18.2 Å². The first-order valence-corrected chi connectivity index (χ1v) is 6.61. The quantitative estimate of drug-likeness (QED) is 0.887. The molecule has 1 aliphatic rings. The van der Waals surface area contributed by atoms with Gasteiger partial charge in [0, 0.05) is 18.2 Å². The zero-order valence-corrected chi connectivity index (χ0v) is 10.7. The minimum Gasteiger partial charge on any atom is -0.310 e. The van der Waals surface area contributed by atoms with E-state index >= 15 is 0 Å². The van der Waals surface area contributed by atoms with E-state index in [0.29, 0.717) is 23.7 Å². The molecule has 0 amide bonds. The van der Waals surface area contributed by atoms with Crippen LogP contribution in [-0.2, 0) is 6.54 Å². The first kappa shape index (κ1) is 13.0. The molecule has 0 heterocycles. The predicted octanol–water partition coefficient (Wildman–Crippen LogP) is 3.37. The molecular formula is C15H19FN2. The lowest BCUT2D eigenvalue weighted by molar-refractivity contribution is 0.299. The van der Waals surface area contributed by atoms with E-state index in [0.717, 1.165) is 5.92 Å². The highest BCUT2D eigenvalue weighted by Crippen LogP contribution is 2.23. The molecule has 0 radical (unpaired) electrons. The van der Waals surface area contributed by atoms with Crippen molar-refractivity contribution in [2.75, 3.05) is 0 Å². The monoisotopic (exact) mass is 246 g/mol. The summed E-state index contributed by atoms with van der Waals surface area (Å²) in [5, 5.41) is 12.2. The van der Waals surface area contributed by atoms with Crippen molar-refractivity contribution in [3.63, 3.8) is 0 Å². The van der Waals surface area contributed by atoms with Crippen LogP contribution in [0.25, 0.3) is 0 Å². The molecule has 2 atom stereocenters. The largest absolute Gasteiger partial charge is 0.310 e. The summed E-state index contributed by atoms with van der Waals surface area (Å²) in [4.78, 5) is 0. The number of nitriles is 1. The Morgan fingerprint density at radius 1 is 1.44 bits per heavy atom. The second kappa shape index (κ2) is 5.97. The first-order valence-electron chi connectivity index (χ1n) is 6.61. The van der Waals surface area contributed by atoms with E-state index in [9.17, 15) is 4.39 Å². The molecule has 18 heavy (non-hydrogen) atoms. The van der Waals surface area contributed by atoms with Crippen molar-refractivity contribution >= 4 is 0 Å². The van der Waals surface area contributed by atoms with Gasteiger partial charge in [-0.05, 0) is 37.0 Å². The molecule has 1 aromatic carbocycles. The van der Waals surface area contributed by atoms with Gasteiger partial charge in [-0.1, -0.05) is 19.8 Å². The molecule has 0 spiro atoms. The average molecular weight is 246 g/mol. The Kier molecular flexibility index (Phi) is 4.33. The summed E-state index contributed by atoms with van der Waals surface area (Å²) in [6.07, 6.45) is 4.89. The molecule has 0 bridgehead atoms. The van der Waals surface area contributed by atoms with Crippen molar-refractivity contribution in [2.24, 2.45) is 5.92 Å². The van der Waals surface area contributed by atoms with Crippen LogP contribution in [0.1, 0.15) is 43.7 Å². The molecule has 1 aromatic rings. The van der Waals surface area contributed by atoms with Gasteiger partial charge < -0.3 is 5.32 Å². The zero-order valence-electron chi connectivity index (χ0n) is 10.7. The Labute approximate surface area is 108 Å². The molecule has 0 saturated heterocycles. The van der Waals surface area contributed by atoms with E-state index in [1.54, 1.807) is 6.07 Å². The van der Waals surface area contributed by atoms with Gasteiger partial charge in [-0.3, -0.25) is 0 Å². The Balaban J connectivity index is 1.95. The molecule has 2 unspecified atom stereocenters. The van der Waals surface area contributed by atoms with Gasteiger partial charge >= 0.3 is 0 Å². The molecular weight excluding hydrogens is 227 g/mol. The first-order chi connectivity index (χ1) is 8.69. The maximum Gasteiger partial charge on any atom is 0.127 e. The van der Waals surface area contributed by atoms with Gasteiger partial charge in [-0.25, -0.2) is 4.39 Å². The number of benzene rings is 1. The van der Waals surface area contributed by atoms with E-state index in [1.807, 2.05) is 6.07 Å². The van der Waals surface area contributed by atoms with Crippen LogP contribution in [0.5, 0.6) is 0 Å². The van der Waals surface area contributed by atoms with Crippen molar-refractivity contribution in [3.8, 4) is 6.07 Å². The van der Waals surface area contributed by atoms with Gasteiger partial charge in [0.25, 0.3) is 0 Å². The summed E-state index contributed by atoms with van der Waals surface area (Å²) in [5.74, 6) is 0.525. The SMILES string of the molecule is CC1CCCC(NCc2cc(C#N)ccc2F)C1. The van der Waals surface area contributed by atoms with Crippen LogP contribution < -0.4 is 5.32 Å². The maximum atomic E-state index is 13.6. The Morgan fingerprint density at radius 3 is 3.00 bits per heavy atom. The second-order valence-corrected chi connectivity index (χ2v) is 5.27. The molecule has 1 N–H and O–H groups in total. The fourth-order valence-electron chi connectivity index (χ4n) is 2.65. The standard InChI is InChI=1S/C15H19FN2/c1-11-3-2-4-14(7-11)18-10-13-8-12(9-17)5-6-15(13)16/h5-6,8,11,14,18H,2-4,7,10H2,1H3. The average Bonchev–Trinajstić information content (AvgIpc) is 2.38. The molecule has 0 aliphatic heterocycles. The van der Waals surface area contributed by atoms with Crippen molar-refractivity contribution in [1.29, 1.82) is 5.26 Å². The number of halogens is 1. The number of nitrogens with zero attached hydrogens (tertiary/aromatic N) is 1. The van der Waals surface area contributed by atoms with Crippen LogP contribution in [0.3, 0.4) is 0 Å². The Bertz CT molecular complexity index is 450. The van der Waals surface area contributed by atoms with E-state index in [4.69, 9.17) is 5.26 Å². The molecule has 2 nitrogen and oxygen atoms in total. The van der Waals surface area contributed by atoms with Crippen LogP contribution in [-0.4, -0.2) is 6.04 Å². The van der Waals surface area contributed by atoms with Crippen LogP contribution in [0.4, 0.5) is 4.39 Å². The summed E-state index contributed by atoms with van der Waals surface area (Å²) in [7, 11) is 0. The van der Waals surface area contributed by atoms with Crippen molar-refractivity contribution in [1.82, 2.24) is 5.32 Å². The topological polar surface area (TPSA) is 35.8 Å². The maximum absolute atomic E-state index is 13.6. The fraction of sp³-hybridized carbons (Fsp3) is 0.533. The molecule has 96 valence electrons. The highest BCUT2D eigenvalue weighted by atomic mass is 19.1. The highest BCUT2D eigenvalue weighted by Gasteiger charge is 2.18. The Morgan fingerprint density at radius 2 is 2.28 bits per heavy atom. The second-order valence-electron chi connectivity index (χ2n) is 5.27.